The number of carbonyl (C=O) groups excluding carboxylic acids is 2. The number of para-hydroxylation sites is 1. The van der Waals surface area contributed by atoms with Crippen LogP contribution in [0.5, 0.6) is 0 Å². The molecule has 0 radical (unpaired) electrons. The molecule has 122 valence electrons. The maximum atomic E-state index is 12.4. The molecule has 0 spiro atoms. The lowest BCUT2D eigenvalue weighted by molar-refractivity contribution is -0.130. The summed E-state index contributed by atoms with van der Waals surface area (Å²) in [7, 11) is 0. The molecule has 1 aromatic rings. The molecular formula is C18H28N2O2. The molecule has 0 unspecified atom stereocenters. The molecule has 0 aliphatic carbocycles. The first-order valence-electron chi connectivity index (χ1n) is 7.98. The Hall–Kier alpha value is -1.84. The van der Waals surface area contributed by atoms with Gasteiger partial charge in [-0.3, -0.25) is 9.59 Å². The lowest BCUT2D eigenvalue weighted by Crippen LogP contribution is -2.42. The van der Waals surface area contributed by atoms with Gasteiger partial charge in [0.05, 0.1) is 5.69 Å². The minimum Gasteiger partial charge on any atom is -0.342 e. The SMILES string of the molecule is CCN(CC)C(=O)CN(C(C)=O)c1c(C)cccc1C(C)C. The zero-order chi connectivity index (χ0) is 16.9. The molecule has 0 heterocycles. The number of carbonyl (C=O) groups is 2. The number of hydrogen-bond acceptors (Lipinski definition) is 2. The van der Waals surface area contributed by atoms with Crippen LogP contribution >= 0.6 is 0 Å². The first kappa shape index (κ1) is 18.2. The second-order valence-corrected chi connectivity index (χ2v) is 5.84. The summed E-state index contributed by atoms with van der Waals surface area (Å²) in [5.74, 6) is 0.176. The van der Waals surface area contributed by atoms with Gasteiger partial charge in [-0.25, -0.2) is 0 Å². The normalized spacial score (nSPS) is 10.7. The number of hydrogen-bond donors (Lipinski definition) is 0. The fourth-order valence-electron chi connectivity index (χ4n) is 2.68. The first-order valence-corrected chi connectivity index (χ1v) is 7.98. The summed E-state index contributed by atoms with van der Waals surface area (Å²) in [5, 5.41) is 0. The van der Waals surface area contributed by atoms with Gasteiger partial charge in [0.1, 0.15) is 6.54 Å². The second kappa shape index (κ2) is 7.97. The zero-order valence-corrected chi connectivity index (χ0v) is 14.6. The van der Waals surface area contributed by atoms with Crippen LogP contribution in [0.25, 0.3) is 0 Å². The van der Waals surface area contributed by atoms with Gasteiger partial charge in [-0.15, -0.1) is 0 Å². The Labute approximate surface area is 134 Å². The van der Waals surface area contributed by atoms with Gasteiger partial charge in [-0.1, -0.05) is 32.0 Å². The second-order valence-electron chi connectivity index (χ2n) is 5.84. The third kappa shape index (κ3) is 4.09. The van der Waals surface area contributed by atoms with Gasteiger partial charge in [-0.2, -0.15) is 0 Å². The molecule has 0 saturated carbocycles. The van der Waals surface area contributed by atoms with Gasteiger partial charge in [0.15, 0.2) is 0 Å². The smallest absolute Gasteiger partial charge is 0.242 e. The molecule has 0 bridgehead atoms. The number of likely N-dealkylation sites (N-methyl/N-ethyl adjacent to an activating group) is 1. The zero-order valence-electron chi connectivity index (χ0n) is 14.6. The van der Waals surface area contributed by atoms with Crippen molar-refractivity contribution >= 4 is 17.5 Å². The van der Waals surface area contributed by atoms with E-state index in [2.05, 4.69) is 13.8 Å². The summed E-state index contributed by atoms with van der Waals surface area (Å²) >= 11 is 0. The van der Waals surface area contributed by atoms with Crippen molar-refractivity contribution in [3.05, 3.63) is 29.3 Å². The van der Waals surface area contributed by atoms with E-state index in [9.17, 15) is 9.59 Å². The monoisotopic (exact) mass is 304 g/mol. The molecule has 0 aromatic heterocycles. The van der Waals surface area contributed by atoms with Crippen LogP contribution in [0.3, 0.4) is 0 Å². The highest BCUT2D eigenvalue weighted by Crippen LogP contribution is 2.31. The van der Waals surface area contributed by atoms with E-state index < -0.39 is 0 Å². The highest BCUT2D eigenvalue weighted by molar-refractivity contribution is 5.98. The molecule has 0 aliphatic heterocycles. The lowest BCUT2D eigenvalue weighted by atomic mass is 9.97. The summed E-state index contributed by atoms with van der Waals surface area (Å²) in [6, 6.07) is 6.02. The summed E-state index contributed by atoms with van der Waals surface area (Å²) in [5.41, 5.74) is 3.00. The molecule has 0 saturated heterocycles. The van der Waals surface area contributed by atoms with Crippen molar-refractivity contribution in [1.82, 2.24) is 4.90 Å². The predicted octanol–water partition coefficient (Wildman–Crippen LogP) is 3.34. The summed E-state index contributed by atoms with van der Waals surface area (Å²) in [4.78, 5) is 27.9. The van der Waals surface area contributed by atoms with Crippen molar-refractivity contribution in [2.75, 3.05) is 24.5 Å². The van der Waals surface area contributed by atoms with Gasteiger partial charge in [-0.05, 0) is 37.8 Å². The number of rotatable bonds is 6. The molecule has 4 nitrogen and oxygen atoms in total. The van der Waals surface area contributed by atoms with E-state index in [0.29, 0.717) is 19.0 Å². The van der Waals surface area contributed by atoms with E-state index in [1.54, 1.807) is 9.80 Å². The maximum absolute atomic E-state index is 12.4. The summed E-state index contributed by atoms with van der Waals surface area (Å²) in [6.45, 7) is 13.0. The molecule has 0 fully saturated rings. The van der Waals surface area contributed by atoms with Crippen LogP contribution in [0.4, 0.5) is 5.69 Å². The third-order valence-electron chi connectivity index (χ3n) is 3.95. The Morgan fingerprint density at radius 1 is 1.14 bits per heavy atom. The van der Waals surface area contributed by atoms with Crippen molar-refractivity contribution in [1.29, 1.82) is 0 Å². The van der Waals surface area contributed by atoms with E-state index in [0.717, 1.165) is 16.8 Å². The summed E-state index contributed by atoms with van der Waals surface area (Å²) < 4.78 is 0. The average molecular weight is 304 g/mol. The fourth-order valence-corrected chi connectivity index (χ4v) is 2.68. The van der Waals surface area contributed by atoms with Gasteiger partial charge >= 0.3 is 0 Å². The quantitative estimate of drug-likeness (QED) is 0.808. The molecule has 1 aromatic carbocycles. The highest BCUT2D eigenvalue weighted by Gasteiger charge is 2.23. The molecule has 22 heavy (non-hydrogen) atoms. The summed E-state index contributed by atoms with van der Waals surface area (Å²) in [6.07, 6.45) is 0. The minimum absolute atomic E-state index is 0.0156. The van der Waals surface area contributed by atoms with E-state index >= 15 is 0 Å². The van der Waals surface area contributed by atoms with Crippen LogP contribution in [0.1, 0.15) is 51.7 Å². The van der Waals surface area contributed by atoms with Crippen LogP contribution in [0.15, 0.2) is 18.2 Å². The van der Waals surface area contributed by atoms with Crippen molar-refractivity contribution in [3.63, 3.8) is 0 Å². The molecule has 0 N–H and O–H groups in total. The van der Waals surface area contributed by atoms with Crippen molar-refractivity contribution < 1.29 is 9.59 Å². The topological polar surface area (TPSA) is 40.6 Å². The van der Waals surface area contributed by atoms with Gasteiger partial charge < -0.3 is 9.80 Å². The van der Waals surface area contributed by atoms with Crippen LogP contribution in [0, 0.1) is 6.92 Å². The first-order chi connectivity index (χ1) is 10.3. The van der Waals surface area contributed by atoms with Crippen LogP contribution in [0.2, 0.25) is 0 Å². The Morgan fingerprint density at radius 2 is 1.73 bits per heavy atom. The lowest BCUT2D eigenvalue weighted by Gasteiger charge is -2.29. The Kier molecular flexibility index (Phi) is 6.60. The van der Waals surface area contributed by atoms with Crippen LogP contribution in [-0.4, -0.2) is 36.3 Å². The number of amides is 2. The maximum Gasteiger partial charge on any atom is 0.242 e. The van der Waals surface area contributed by atoms with E-state index in [1.165, 1.54) is 6.92 Å². The molecule has 4 heteroatoms. The molecule has 0 atom stereocenters. The highest BCUT2D eigenvalue weighted by atomic mass is 16.2. The fraction of sp³-hybridized carbons (Fsp3) is 0.556. The van der Waals surface area contributed by atoms with Crippen LogP contribution in [-0.2, 0) is 9.59 Å². The van der Waals surface area contributed by atoms with Gasteiger partial charge in [0.25, 0.3) is 0 Å². The number of anilines is 1. The van der Waals surface area contributed by atoms with Crippen molar-refractivity contribution in [3.8, 4) is 0 Å². The average Bonchev–Trinajstić information content (AvgIpc) is 2.45. The molecular weight excluding hydrogens is 276 g/mol. The van der Waals surface area contributed by atoms with Gasteiger partial charge in [0.2, 0.25) is 11.8 Å². The van der Waals surface area contributed by atoms with Crippen LogP contribution < -0.4 is 4.90 Å². The minimum atomic E-state index is -0.100. The van der Waals surface area contributed by atoms with Gasteiger partial charge in [0, 0.05) is 20.0 Å². The predicted molar refractivity (Wildman–Crippen MR) is 91.2 cm³/mol. The van der Waals surface area contributed by atoms with E-state index in [4.69, 9.17) is 0 Å². The number of nitrogens with zero attached hydrogens (tertiary/aromatic N) is 2. The van der Waals surface area contributed by atoms with Crippen molar-refractivity contribution in [2.24, 2.45) is 0 Å². The standard InChI is InChI=1S/C18H28N2O2/c1-7-19(8-2)17(22)12-20(15(6)21)18-14(5)10-9-11-16(18)13(3)4/h9-11,13H,7-8,12H2,1-6H3. The number of benzene rings is 1. The van der Waals surface area contributed by atoms with E-state index in [1.807, 2.05) is 39.0 Å². The largest absolute Gasteiger partial charge is 0.342 e. The molecule has 1 rings (SSSR count). The Balaban J connectivity index is 3.23. The Bertz CT molecular complexity index is 534. The molecule has 2 amide bonds. The third-order valence-corrected chi connectivity index (χ3v) is 3.95. The molecule has 0 aliphatic rings. The number of aryl methyl sites for hydroxylation is 1. The van der Waals surface area contributed by atoms with E-state index in [-0.39, 0.29) is 18.4 Å². The van der Waals surface area contributed by atoms with Crippen molar-refractivity contribution in [2.45, 2.75) is 47.5 Å². The Morgan fingerprint density at radius 3 is 2.18 bits per heavy atom.